The molecule has 16 heavy (non-hydrogen) atoms. The van der Waals surface area contributed by atoms with Crippen LogP contribution in [0.25, 0.3) is 0 Å². The summed E-state index contributed by atoms with van der Waals surface area (Å²) in [4.78, 5) is 0. The summed E-state index contributed by atoms with van der Waals surface area (Å²) in [6, 6.07) is 10.0. The Morgan fingerprint density at radius 2 is 1.94 bits per heavy atom. The van der Waals surface area contributed by atoms with Gasteiger partial charge in [-0.3, -0.25) is 0 Å². The quantitative estimate of drug-likeness (QED) is 0.751. The molecule has 0 spiro atoms. The molecule has 1 aliphatic heterocycles. The van der Waals surface area contributed by atoms with E-state index in [1.807, 2.05) is 30.3 Å². The Labute approximate surface area is 99.2 Å². The lowest BCUT2D eigenvalue weighted by Crippen LogP contribution is -2.52. The highest BCUT2D eigenvalue weighted by atomic mass is 28.3. The van der Waals surface area contributed by atoms with Crippen molar-refractivity contribution in [1.82, 2.24) is 0 Å². The van der Waals surface area contributed by atoms with Gasteiger partial charge in [-0.15, -0.1) is 0 Å². The lowest BCUT2D eigenvalue weighted by molar-refractivity contribution is -0.148. The van der Waals surface area contributed by atoms with Crippen LogP contribution in [0.3, 0.4) is 0 Å². The molecule has 1 heterocycles. The Hall–Kier alpha value is -0.803. The number of hydrogen-bond donors (Lipinski definition) is 0. The van der Waals surface area contributed by atoms with E-state index in [-0.39, 0.29) is 5.41 Å². The number of rotatable bonds is 3. The Bertz CT molecular complexity index is 318. The second-order valence-corrected chi connectivity index (χ2v) is 7.88. The van der Waals surface area contributed by atoms with E-state index in [4.69, 9.17) is 9.47 Å². The van der Waals surface area contributed by atoms with Crippen LogP contribution in [0.15, 0.2) is 30.3 Å². The topological polar surface area (TPSA) is 18.5 Å². The fraction of sp³-hybridized carbons (Fsp3) is 0.538. The standard InChI is InChI=1S/C13H20O2Si/c1-16(2)13(10-6-7-11-14-13)15-12-8-4-3-5-9-12/h3-5,8-9,16H,6-7,10-11H2,1-2H3. The van der Waals surface area contributed by atoms with Crippen molar-refractivity contribution in [2.45, 2.75) is 37.8 Å². The molecule has 2 rings (SSSR count). The first-order chi connectivity index (χ1) is 7.73. The van der Waals surface area contributed by atoms with Crippen molar-refractivity contribution in [2.75, 3.05) is 6.61 Å². The molecule has 0 amide bonds. The van der Waals surface area contributed by atoms with Gasteiger partial charge in [0.2, 0.25) is 0 Å². The molecule has 1 fully saturated rings. The summed E-state index contributed by atoms with van der Waals surface area (Å²) in [5, 5.41) is 0. The third-order valence-corrected chi connectivity index (χ3v) is 5.51. The van der Waals surface area contributed by atoms with Crippen LogP contribution in [-0.2, 0) is 4.74 Å². The van der Waals surface area contributed by atoms with Crippen molar-refractivity contribution in [2.24, 2.45) is 0 Å². The van der Waals surface area contributed by atoms with Gasteiger partial charge in [0.25, 0.3) is 0 Å². The number of benzene rings is 1. The number of para-hydroxylation sites is 1. The third-order valence-electron chi connectivity index (χ3n) is 3.18. The summed E-state index contributed by atoms with van der Waals surface area (Å²) in [6.45, 7) is 5.44. The van der Waals surface area contributed by atoms with Gasteiger partial charge in [-0.05, 0) is 25.0 Å². The molecule has 1 unspecified atom stereocenters. The molecule has 1 aromatic carbocycles. The molecule has 0 radical (unpaired) electrons. The van der Waals surface area contributed by atoms with Crippen LogP contribution < -0.4 is 4.74 Å². The SMILES string of the molecule is C[SiH](C)C1(Oc2ccccc2)CCCCO1. The fourth-order valence-electron chi connectivity index (χ4n) is 2.13. The zero-order valence-electron chi connectivity index (χ0n) is 10.1. The van der Waals surface area contributed by atoms with E-state index in [1.54, 1.807) is 0 Å². The van der Waals surface area contributed by atoms with Crippen LogP contribution in [0.4, 0.5) is 0 Å². The van der Waals surface area contributed by atoms with E-state index in [0.717, 1.165) is 18.8 Å². The van der Waals surface area contributed by atoms with Crippen LogP contribution in [0.2, 0.25) is 13.1 Å². The van der Waals surface area contributed by atoms with Gasteiger partial charge in [0, 0.05) is 6.42 Å². The first kappa shape index (κ1) is 11.7. The predicted molar refractivity (Wildman–Crippen MR) is 68.5 cm³/mol. The van der Waals surface area contributed by atoms with Crippen molar-refractivity contribution < 1.29 is 9.47 Å². The Morgan fingerprint density at radius 3 is 2.50 bits per heavy atom. The summed E-state index contributed by atoms with van der Waals surface area (Å²) in [7, 11) is -1.00. The lowest BCUT2D eigenvalue weighted by atomic mass is 10.2. The molecular formula is C13H20O2Si. The van der Waals surface area contributed by atoms with Crippen molar-refractivity contribution in [3.05, 3.63) is 30.3 Å². The summed E-state index contributed by atoms with van der Waals surface area (Å²) < 4.78 is 12.1. The van der Waals surface area contributed by atoms with E-state index in [9.17, 15) is 0 Å². The van der Waals surface area contributed by atoms with Crippen LogP contribution in [0.1, 0.15) is 19.3 Å². The lowest BCUT2D eigenvalue weighted by Gasteiger charge is -2.40. The fourth-order valence-corrected chi connectivity index (χ4v) is 3.74. The Balaban J connectivity index is 2.14. The summed E-state index contributed by atoms with van der Waals surface area (Å²) in [5.74, 6) is 0.936. The second kappa shape index (κ2) is 5.02. The Kier molecular flexibility index (Phi) is 3.66. The first-order valence-electron chi connectivity index (χ1n) is 6.11. The van der Waals surface area contributed by atoms with Crippen LogP contribution >= 0.6 is 0 Å². The second-order valence-electron chi connectivity index (χ2n) is 4.69. The van der Waals surface area contributed by atoms with Gasteiger partial charge in [-0.2, -0.15) is 0 Å². The third kappa shape index (κ3) is 2.47. The van der Waals surface area contributed by atoms with Crippen molar-refractivity contribution in [3.63, 3.8) is 0 Å². The molecule has 0 aliphatic carbocycles. The summed E-state index contributed by atoms with van der Waals surface area (Å²) in [5.41, 5.74) is -0.278. The van der Waals surface area contributed by atoms with Gasteiger partial charge in [0.1, 0.15) is 14.5 Å². The van der Waals surface area contributed by atoms with Gasteiger partial charge in [-0.1, -0.05) is 31.3 Å². The van der Waals surface area contributed by atoms with Gasteiger partial charge in [0.15, 0.2) is 5.41 Å². The molecule has 0 bridgehead atoms. The van der Waals surface area contributed by atoms with Gasteiger partial charge >= 0.3 is 0 Å². The van der Waals surface area contributed by atoms with E-state index in [2.05, 4.69) is 13.1 Å². The van der Waals surface area contributed by atoms with Crippen molar-refractivity contribution in [3.8, 4) is 5.75 Å². The highest BCUT2D eigenvalue weighted by Crippen LogP contribution is 2.30. The molecule has 1 saturated heterocycles. The van der Waals surface area contributed by atoms with Gasteiger partial charge in [-0.25, -0.2) is 0 Å². The van der Waals surface area contributed by atoms with Crippen LogP contribution in [0, 0.1) is 0 Å². The minimum atomic E-state index is -1.00. The molecule has 0 N–H and O–H groups in total. The van der Waals surface area contributed by atoms with Crippen molar-refractivity contribution in [1.29, 1.82) is 0 Å². The number of hydrogen-bond acceptors (Lipinski definition) is 2. The van der Waals surface area contributed by atoms with E-state index in [0.29, 0.717) is 0 Å². The number of ether oxygens (including phenoxy) is 2. The normalized spacial score (nSPS) is 25.7. The zero-order chi connectivity index (χ0) is 11.4. The highest BCUT2D eigenvalue weighted by Gasteiger charge is 2.39. The average Bonchev–Trinajstić information content (AvgIpc) is 2.31. The molecule has 3 heteroatoms. The largest absolute Gasteiger partial charge is 0.467 e. The minimum absolute atomic E-state index is 0.278. The van der Waals surface area contributed by atoms with Gasteiger partial charge in [0.05, 0.1) is 6.61 Å². The smallest absolute Gasteiger partial charge is 0.186 e. The minimum Gasteiger partial charge on any atom is -0.467 e. The molecular weight excluding hydrogens is 216 g/mol. The molecule has 0 saturated carbocycles. The predicted octanol–water partition coefficient (Wildman–Crippen LogP) is 2.99. The van der Waals surface area contributed by atoms with Crippen molar-refractivity contribution >= 4 is 8.80 Å². The average molecular weight is 236 g/mol. The molecule has 0 aromatic heterocycles. The first-order valence-corrected chi connectivity index (χ1v) is 9.00. The van der Waals surface area contributed by atoms with Gasteiger partial charge < -0.3 is 9.47 Å². The molecule has 1 aliphatic rings. The maximum Gasteiger partial charge on any atom is 0.186 e. The van der Waals surface area contributed by atoms with Crippen LogP contribution in [-0.4, -0.2) is 20.8 Å². The highest BCUT2D eigenvalue weighted by molar-refractivity contribution is 6.58. The molecule has 2 nitrogen and oxygen atoms in total. The molecule has 1 aromatic rings. The summed E-state index contributed by atoms with van der Waals surface area (Å²) >= 11 is 0. The van der Waals surface area contributed by atoms with Crippen LogP contribution in [0.5, 0.6) is 5.75 Å². The molecule has 88 valence electrons. The van der Waals surface area contributed by atoms with E-state index < -0.39 is 8.80 Å². The summed E-state index contributed by atoms with van der Waals surface area (Å²) in [6.07, 6.45) is 3.44. The maximum atomic E-state index is 6.14. The van der Waals surface area contributed by atoms with E-state index >= 15 is 0 Å². The Morgan fingerprint density at radius 1 is 1.19 bits per heavy atom. The monoisotopic (exact) mass is 236 g/mol. The molecule has 1 atom stereocenters. The zero-order valence-corrected chi connectivity index (χ0v) is 11.3. The maximum absolute atomic E-state index is 6.14. The van der Waals surface area contributed by atoms with E-state index in [1.165, 1.54) is 12.8 Å².